The molecule has 1 N–H and O–H groups in total. The SMILES string of the molecule is CCC(NC(=O)/N=C1\SCCC(C)N1c1ccc(OC)cc1C(C)C)c1ccc(-c2ncn(-c3ccc(OC(F)(F)F)cc3)n2)cc1. The van der Waals surface area contributed by atoms with Crippen molar-refractivity contribution in [1.82, 2.24) is 20.1 Å². The lowest BCUT2D eigenvalue weighted by Gasteiger charge is -2.37. The smallest absolute Gasteiger partial charge is 0.497 e. The molecule has 0 aliphatic carbocycles. The lowest BCUT2D eigenvalue weighted by Crippen LogP contribution is -2.43. The van der Waals surface area contributed by atoms with E-state index in [9.17, 15) is 18.0 Å². The number of methoxy groups -OCH3 is 1. The number of thioether (sulfide) groups is 1. The third-order valence-corrected chi connectivity index (χ3v) is 8.82. The number of carbonyl (C=O) groups excluding carboxylic acids is 1. The van der Waals surface area contributed by atoms with E-state index in [0.29, 0.717) is 23.1 Å². The Hall–Kier alpha value is -4.52. The van der Waals surface area contributed by atoms with Crippen molar-refractivity contribution in [3.8, 4) is 28.6 Å². The number of nitrogens with one attached hydrogen (secondary N) is 1. The normalized spacial score (nSPS) is 16.7. The van der Waals surface area contributed by atoms with Crippen LogP contribution in [0.1, 0.15) is 63.6 Å². The summed E-state index contributed by atoms with van der Waals surface area (Å²) in [6, 6.07) is 18.5. The molecule has 47 heavy (non-hydrogen) atoms. The predicted molar refractivity (Wildman–Crippen MR) is 179 cm³/mol. The molecule has 0 spiro atoms. The quantitative estimate of drug-likeness (QED) is 0.191. The molecule has 1 fully saturated rings. The third kappa shape index (κ3) is 8.26. The van der Waals surface area contributed by atoms with Gasteiger partial charge >= 0.3 is 12.4 Å². The average Bonchev–Trinajstić information content (AvgIpc) is 3.54. The van der Waals surface area contributed by atoms with Crippen molar-refractivity contribution in [2.24, 2.45) is 4.99 Å². The van der Waals surface area contributed by atoms with Crippen molar-refractivity contribution >= 4 is 28.6 Å². The second-order valence-electron chi connectivity index (χ2n) is 11.4. The van der Waals surface area contributed by atoms with Crippen LogP contribution in [0, 0.1) is 0 Å². The molecule has 1 aliphatic heterocycles. The summed E-state index contributed by atoms with van der Waals surface area (Å²) in [5.74, 6) is 2.04. The van der Waals surface area contributed by atoms with Gasteiger partial charge in [0.2, 0.25) is 0 Å². The molecular weight excluding hydrogens is 629 g/mol. The zero-order valence-electron chi connectivity index (χ0n) is 26.8. The number of amides is 2. The molecule has 13 heteroatoms. The number of amidine groups is 1. The fourth-order valence-corrected chi connectivity index (χ4v) is 6.56. The van der Waals surface area contributed by atoms with E-state index in [4.69, 9.17) is 4.74 Å². The van der Waals surface area contributed by atoms with Crippen LogP contribution >= 0.6 is 11.8 Å². The molecule has 4 aromatic rings. The Bertz CT molecular complexity index is 1710. The standard InChI is InChI=1S/C34H37F3N6O3S/c1-6-29(39-32(44)40-33-43(22(4)17-18-47-33)30-16-15-27(45-5)19-28(30)21(2)3)23-7-9-24(10-8-23)31-38-20-42(41-31)25-11-13-26(14-12-25)46-34(35,36)37/h7-16,19-22,29H,6,17-18H2,1-5H3,(H,39,44)/b40-33-. The van der Waals surface area contributed by atoms with Crippen LogP contribution in [0.15, 0.2) is 78.0 Å². The van der Waals surface area contributed by atoms with Gasteiger partial charge in [0.25, 0.3) is 0 Å². The summed E-state index contributed by atoms with van der Waals surface area (Å²) in [5.41, 5.74) is 4.34. The lowest BCUT2D eigenvalue weighted by atomic mass is 9.99. The summed E-state index contributed by atoms with van der Waals surface area (Å²) in [4.78, 5) is 24.4. The van der Waals surface area contributed by atoms with Crippen LogP contribution in [0.2, 0.25) is 0 Å². The fourth-order valence-electron chi connectivity index (χ4n) is 5.35. The van der Waals surface area contributed by atoms with Gasteiger partial charge in [0.1, 0.15) is 17.8 Å². The number of hydrogen-bond donors (Lipinski definition) is 1. The minimum Gasteiger partial charge on any atom is -0.497 e. The predicted octanol–water partition coefficient (Wildman–Crippen LogP) is 8.51. The van der Waals surface area contributed by atoms with Gasteiger partial charge in [0, 0.05) is 23.0 Å². The number of urea groups is 1. The molecule has 2 unspecified atom stereocenters. The molecule has 2 heterocycles. The molecule has 9 nitrogen and oxygen atoms in total. The van der Waals surface area contributed by atoms with E-state index in [0.717, 1.165) is 40.3 Å². The first-order chi connectivity index (χ1) is 22.5. The number of rotatable bonds is 9. The Kier molecular flexibility index (Phi) is 10.4. The van der Waals surface area contributed by atoms with Crippen LogP contribution in [0.25, 0.3) is 17.1 Å². The van der Waals surface area contributed by atoms with Crippen molar-refractivity contribution in [3.05, 3.63) is 84.2 Å². The van der Waals surface area contributed by atoms with E-state index < -0.39 is 12.4 Å². The summed E-state index contributed by atoms with van der Waals surface area (Å²) in [7, 11) is 1.66. The van der Waals surface area contributed by atoms with E-state index >= 15 is 0 Å². The number of anilines is 1. The zero-order valence-corrected chi connectivity index (χ0v) is 27.6. The number of aliphatic imine (C=N–C) groups is 1. The highest BCUT2D eigenvalue weighted by Gasteiger charge is 2.31. The third-order valence-electron chi connectivity index (χ3n) is 7.83. The first-order valence-electron chi connectivity index (χ1n) is 15.3. The molecule has 0 radical (unpaired) electrons. The number of hydrogen-bond acceptors (Lipinski definition) is 6. The lowest BCUT2D eigenvalue weighted by molar-refractivity contribution is -0.274. The number of alkyl halides is 3. The molecule has 1 aliphatic rings. The first kappa shape index (κ1) is 33.8. The monoisotopic (exact) mass is 666 g/mol. The average molecular weight is 667 g/mol. The summed E-state index contributed by atoms with van der Waals surface area (Å²) in [6.45, 7) is 8.43. The van der Waals surface area contributed by atoms with E-state index in [2.05, 4.69) is 56.9 Å². The summed E-state index contributed by atoms with van der Waals surface area (Å²) >= 11 is 1.58. The molecule has 2 amide bonds. The molecular formula is C34H37F3N6O3S. The molecule has 2 atom stereocenters. The van der Waals surface area contributed by atoms with Crippen LogP contribution in [0.5, 0.6) is 11.5 Å². The van der Waals surface area contributed by atoms with Crippen molar-refractivity contribution < 1.29 is 27.4 Å². The highest BCUT2D eigenvalue weighted by Crippen LogP contribution is 2.37. The molecule has 0 bridgehead atoms. The number of ether oxygens (including phenoxy) is 2. The Morgan fingerprint density at radius 2 is 1.79 bits per heavy atom. The maximum atomic E-state index is 13.3. The highest BCUT2D eigenvalue weighted by molar-refractivity contribution is 8.14. The van der Waals surface area contributed by atoms with Crippen molar-refractivity contribution in [3.63, 3.8) is 0 Å². The minimum atomic E-state index is -4.76. The second kappa shape index (κ2) is 14.5. The number of aromatic nitrogens is 3. The fraction of sp³-hybridized carbons (Fsp3) is 0.353. The van der Waals surface area contributed by atoms with Crippen molar-refractivity contribution in [2.75, 3.05) is 17.8 Å². The Balaban J connectivity index is 1.29. The number of halogens is 3. The van der Waals surface area contributed by atoms with Crippen LogP contribution in [0.3, 0.4) is 0 Å². The van der Waals surface area contributed by atoms with E-state index in [-0.39, 0.29) is 23.8 Å². The van der Waals surface area contributed by atoms with E-state index in [1.165, 1.54) is 35.3 Å². The molecule has 1 aromatic heterocycles. The number of nitrogens with zero attached hydrogens (tertiary/aromatic N) is 5. The summed E-state index contributed by atoms with van der Waals surface area (Å²) < 4.78 is 48.3. The largest absolute Gasteiger partial charge is 0.573 e. The van der Waals surface area contributed by atoms with Gasteiger partial charge in [-0.2, -0.15) is 4.99 Å². The second-order valence-corrected chi connectivity index (χ2v) is 12.5. The van der Waals surface area contributed by atoms with Gasteiger partial charge in [-0.25, -0.2) is 14.5 Å². The highest BCUT2D eigenvalue weighted by atomic mass is 32.2. The number of benzene rings is 3. The topological polar surface area (TPSA) is 93.9 Å². The Morgan fingerprint density at radius 3 is 2.43 bits per heavy atom. The molecule has 248 valence electrons. The van der Waals surface area contributed by atoms with Gasteiger partial charge in [-0.05, 0) is 79.3 Å². The van der Waals surface area contributed by atoms with E-state index in [1.807, 2.05) is 43.3 Å². The molecule has 0 saturated carbocycles. The van der Waals surface area contributed by atoms with Gasteiger partial charge in [-0.3, -0.25) is 0 Å². The maximum absolute atomic E-state index is 13.3. The van der Waals surface area contributed by atoms with Crippen LogP contribution in [-0.4, -0.2) is 51.2 Å². The zero-order chi connectivity index (χ0) is 33.7. The van der Waals surface area contributed by atoms with Crippen LogP contribution in [-0.2, 0) is 0 Å². The van der Waals surface area contributed by atoms with Gasteiger partial charge in [0.05, 0.1) is 18.8 Å². The summed E-state index contributed by atoms with van der Waals surface area (Å²) in [5, 5.41) is 8.21. The van der Waals surface area contributed by atoms with Crippen LogP contribution in [0.4, 0.5) is 23.7 Å². The number of carbonyl (C=O) groups is 1. The maximum Gasteiger partial charge on any atom is 0.573 e. The van der Waals surface area contributed by atoms with Crippen molar-refractivity contribution in [1.29, 1.82) is 0 Å². The van der Waals surface area contributed by atoms with E-state index in [1.54, 1.807) is 18.9 Å². The minimum absolute atomic E-state index is 0.170. The van der Waals surface area contributed by atoms with Crippen LogP contribution < -0.4 is 19.7 Å². The van der Waals surface area contributed by atoms with Gasteiger partial charge in [-0.1, -0.05) is 56.8 Å². The summed E-state index contributed by atoms with van der Waals surface area (Å²) in [6.07, 6.45) is -1.65. The van der Waals surface area contributed by atoms with Gasteiger partial charge < -0.3 is 19.7 Å². The van der Waals surface area contributed by atoms with Crippen molar-refractivity contribution in [2.45, 2.75) is 64.9 Å². The first-order valence-corrected chi connectivity index (χ1v) is 16.3. The van der Waals surface area contributed by atoms with Gasteiger partial charge in [0.15, 0.2) is 11.0 Å². The Morgan fingerprint density at radius 1 is 1.09 bits per heavy atom. The molecule has 3 aromatic carbocycles. The van der Waals surface area contributed by atoms with Gasteiger partial charge in [-0.15, -0.1) is 18.3 Å². The molecule has 5 rings (SSSR count). The molecule has 1 saturated heterocycles. The Labute approximate surface area is 276 Å².